The number of carbonyl (C=O) groups is 1. The third-order valence-electron chi connectivity index (χ3n) is 3.46. The fourth-order valence-corrected chi connectivity index (χ4v) is 2.15. The minimum Gasteiger partial charge on any atom is -0.349 e. The van der Waals surface area contributed by atoms with Crippen LogP contribution in [0.1, 0.15) is 48.7 Å². The van der Waals surface area contributed by atoms with Crippen molar-refractivity contribution in [3.63, 3.8) is 0 Å². The number of hydrogen-bond donors (Lipinski definition) is 2. The maximum atomic E-state index is 12.4. The summed E-state index contributed by atoms with van der Waals surface area (Å²) in [7, 11) is 0. The molecule has 1 aromatic rings. The first-order chi connectivity index (χ1) is 9.51. The largest absolute Gasteiger partial charge is 0.349 e. The molecule has 3 N–H and O–H groups in total. The van der Waals surface area contributed by atoms with Gasteiger partial charge < -0.3 is 11.1 Å². The minimum atomic E-state index is -0.0283. The molecule has 108 valence electrons. The molecule has 0 fully saturated rings. The summed E-state index contributed by atoms with van der Waals surface area (Å²) in [6.45, 7) is 8.56. The zero-order valence-electron chi connectivity index (χ0n) is 12.8. The predicted molar refractivity (Wildman–Crippen MR) is 83.5 cm³/mol. The zero-order chi connectivity index (χ0) is 15.1. The van der Waals surface area contributed by atoms with Crippen LogP contribution in [0.25, 0.3) is 0 Å². The van der Waals surface area contributed by atoms with Crippen LogP contribution in [0.2, 0.25) is 0 Å². The van der Waals surface area contributed by atoms with Gasteiger partial charge in [0.05, 0.1) is 6.54 Å². The molecule has 1 amide bonds. The molecule has 0 aliphatic heterocycles. The molecule has 3 heteroatoms. The van der Waals surface area contributed by atoms with Gasteiger partial charge in [-0.05, 0) is 37.0 Å². The molecule has 3 nitrogen and oxygen atoms in total. The lowest BCUT2D eigenvalue weighted by molar-refractivity contribution is 0.0924. The lowest BCUT2D eigenvalue weighted by Crippen LogP contribution is -2.38. The molecule has 1 atom stereocenters. The Hall–Kier alpha value is -1.79. The van der Waals surface area contributed by atoms with Crippen LogP contribution in [0, 0.1) is 24.7 Å². The summed E-state index contributed by atoms with van der Waals surface area (Å²) in [5.74, 6) is 6.22. The first kappa shape index (κ1) is 16.3. The molecule has 0 saturated heterocycles. The Morgan fingerprint density at radius 3 is 2.65 bits per heavy atom. The van der Waals surface area contributed by atoms with Crippen molar-refractivity contribution in [3.05, 3.63) is 34.9 Å². The smallest absolute Gasteiger partial charge is 0.251 e. The van der Waals surface area contributed by atoms with E-state index in [1.165, 1.54) is 0 Å². The van der Waals surface area contributed by atoms with Crippen molar-refractivity contribution in [1.29, 1.82) is 0 Å². The van der Waals surface area contributed by atoms with Crippen LogP contribution in [0.4, 0.5) is 0 Å². The van der Waals surface area contributed by atoms with Gasteiger partial charge in [0.15, 0.2) is 0 Å². The monoisotopic (exact) mass is 272 g/mol. The van der Waals surface area contributed by atoms with Gasteiger partial charge in [-0.25, -0.2) is 0 Å². The quantitative estimate of drug-likeness (QED) is 0.827. The van der Waals surface area contributed by atoms with E-state index < -0.39 is 0 Å². The maximum absolute atomic E-state index is 12.4. The standard InChI is InChI=1S/C17H24N2O/c1-5-16(12(2)3)19-17(20)15-10-6-8-14(13(15)4)9-7-11-18/h6,8,10,12,16H,5,11,18H2,1-4H3,(H,19,20). The zero-order valence-corrected chi connectivity index (χ0v) is 12.8. The molecule has 0 saturated carbocycles. The summed E-state index contributed by atoms with van der Waals surface area (Å²) in [5, 5.41) is 3.09. The van der Waals surface area contributed by atoms with E-state index in [0.29, 0.717) is 18.0 Å². The number of rotatable bonds is 4. The highest BCUT2D eigenvalue weighted by molar-refractivity contribution is 5.96. The van der Waals surface area contributed by atoms with E-state index in [2.05, 4.69) is 37.9 Å². The average Bonchev–Trinajstić information content (AvgIpc) is 2.43. The van der Waals surface area contributed by atoms with E-state index in [1.807, 2.05) is 25.1 Å². The van der Waals surface area contributed by atoms with Gasteiger partial charge in [0.1, 0.15) is 0 Å². The molecule has 0 aliphatic rings. The third-order valence-corrected chi connectivity index (χ3v) is 3.46. The van der Waals surface area contributed by atoms with Gasteiger partial charge in [-0.1, -0.05) is 38.7 Å². The fourth-order valence-electron chi connectivity index (χ4n) is 2.15. The van der Waals surface area contributed by atoms with Gasteiger partial charge in [0.25, 0.3) is 5.91 Å². The number of carbonyl (C=O) groups excluding carboxylic acids is 1. The highest BCUT2D eigenvalue weighted by Gasteiger charge is 2.17. The Kier molecular flexibility index (Phi) is 6.27. The van der Waals surface area contributed by atoms with Gasteiger partial charge >= 0.3 is 0 Å². The summed E-state index contributed by atoms with van der Waals surface area (Å²) in [5.41, 5.74) is 7.85. The third kappa shape index (κ3) is 4.11. The van der Waals surface area contributed by atoms with Gasteiger partial charge in [0, 0.05) is 17.2 Å². The van der Waals surface area contributed by atoms with Crippen molar-refractivity contribution in [3.8, 4) is 11.8 Å². The Balaban J connectivity index is 2.99. The maximum Gasteiger partial charge on any atom is 0.251 e. The van der Waals surface area contributed by atoms with Crippen molar-refractivity contribution in [2.24, 2.45) is 11.7 Å². The Morgan fingerprint density at radius 1 is 1.40 bits per heavy atom. The molecule has 0 bridgehead atoms. The first-order valence-corrected chi connectivity index (χ1v) is 7.10. The summed E-state index contributed by atoms with van der Waals surface area (Å²) in [4.78, 5) is 12.4. The SMILES string of the molecule is CCC(NC(=O)c1cccc(C#CCN)c1C)C(C)C. The van der Waals surface area contributed by atoms with E-state index in [-0.39, 0.29) is 11.9 Å². The summed E-state index contributed by atoms with van der Waals surface area (Å²) >= 11 is 0. The summed E-state index contributed by atoms with van der Waals surface area (Å²) in [6.07, 6.45) is 0.926. The van der Waals surface area contributed by atoms with Gasteiger partial charge in [-0.2, -0.15) is 0 Å². The highest BCUT2D eigenvalue weighted by atomic mass is 16.1. The van der Waals surface area contributed by atoms with Crippen LogP contribution in [0.15, 0.2) is 18.2 Å². The highest BCUT2D eigenvalue weighted by Crippen LogP contribution is 2.14. The van der Waals surface area contributed by atoms with E-state index in [0.717, 1.165) is 17.5 Å². The lowest BCUT2D eigenvalue weighted by Gasteiger charge is -2.21. The number of hydrogen-bond acceptors (Lipinski definition) is 2. The molecule has 0 spiro atoms. The fraction of sp³-hybridized carbons (Fsp3) is 0.471. The summed E-state index contributed by atoms with van der Waals surface area (Å²) < 4.78 is 0. The minimum absolute atomic E-state index is 0.0283. The second-order valence-corrected chi connectivity index (χ2v) is 5.22. The topological polar surface area (TPSA) is 55.1 Å². The van der Waals surface area contributed by atoms with E-state index in [1.54, 1.807) is 0 Å². The molecule has 20 heavy (non-hydrogen) atoms. The molecule has 0 aliphatic carbocycles. The van der Waals surface area contributed by atoms with Crippen LogP contribution in [0.3, 0.4) is 0 Å². The average molecular weight is 272 g/mol. The van der Waals surface area contributed by atoms with Crippen molar-refractivity contribution < 1.29 is 4.79 Å². The number of amides is 1. The predicted octanol–water partition coefficient (Wildman–Crippen LogP) is 2.47. The van der Waals surface area contributed by atoms with Gasteiger partial charge in [0.2, 0.25) is 0 Å². The van der Waals surface area contributed by atoms with E-state index in [4.69, 9.17) is 5.73 Å². The Morgan fingerprint density at radius 2 is 2.10 bits per heavy atom. The molecule has 0 aromatic heterocycles. The normalized spacial score (nSPS) is 11.7. The molecular weight excluding hydrogens is 248 g/mol. The van der Waals surface area contributed by atoms with Crippen LogP contribution in [0.5, 0.6) is 0 Å². The van der Waals surface area contributed by atoms with E-state index in [9.17, 15) is 4.79 Å². The van der Waals surface area contributed by atoms with Gasteiger partial charge in [-0.15, -0.1) is 0 Å². The van der Waals surface area contributed by atoms with E-state index >= 15 is 0 Å². The molecule has 1 rings (SSSR count). The van der Waals surface area contributed by atoms with Crippen LogP contribution < -0.4 is 11.1 Å². The molecule has 0 heterocycles. The van der Waals surface area contributed by atoms with Crippen LogP contribution in [-0.4, -0.2) is 18.5 Å². The summed E-state index contributed by atoms with van der Waals surface area (Å²) in [6, 6.07) is 5.80. The van der Waals surface area contributed by atoms with Crippen LogP contribution in [-0.2, 0) is 0 Å². The Labute approximate surface area is 121 Å². The van der Waals surface area contributed by atoms with Crippen molar-refractivity contribution in [2.75, 3.05) is 6.54 Å². The number of nitrogens with two attached hydrogens (primary N) is 1. The molecule has 1 unspecified atom stereocenters. The molecule has 1 aromatic carbocycles. The molecule has 0 radical (unpaired) electrons. The van der Waals surface area contributed by atoms with Crippen molar-refractivity contribution in [1.82, 2.24) is 5.32 Å². The second-order valence-electron chi connectivity index (χ2n) is 5.22. The number of benzene rings is 1. The van der Waals surface area contributed by atoms with Crippen LogP contribution >= 0.6 is 0 Å². The molecular formula is C17H24N2O. The Bertz CT molecular complexity index is 524. The van der Waals surface area contributed by atoms with Crippen molar-refractivity contribution in [2.45, 2.75) is 40.2 Å². The second kappa shape index (κ2) is 7.72. The van der Waals surface area contributed by atoms with Gasteiger partial charge in [-0.3, -0.25) is 4.79 Å². The first-order valence-electron chi connectivity index (χ1n) is 7.10. The lowest BCUT2D eigenvalue weighted by atomic mass is 9.99. The van der Waals surface area contributed by atoms with Crippen molar-refractivity contribution >= 4 is 5.91 Å². The number of nitrogens with one attached hydrogen (secondary N) is 1.